The van der Waals surface area contributed by atoms with Gasteiger partial charge in [0.05, 0.1) is 26.6 Å². The van der Waals surface area contributed by atoms with Crippen molar-refractivity contribution in [1.29, 1.82) is 0 Å². The molecule has 0 aliphatic rings. The van der Waals surface area contributed by atoms with E-state index in [-0.39, 0.29) is 30.8 Å². The van der Waals surface area contributed by atoms with Crippen LogP contribution in [0.1, 0.15) is 26.2 Å². The van der Waals surface area contributed by atoms with Crippen LogP contribution in [0.2, 0.25) is 0 Å². The van der Waals surface area contributed by atoms with Crippen LogP contribution in [-0.2, 0) is 14.3 Å². The van der Waals surface area contributed by atoms with E-state index >= 15 is 0 Å². The van der Waals surface area contributed by atoms with Crippen molar-refractivity contribution in [2.45, 2.75) is 32.2 Å². The summed E-state index contributed by atoms with van der Waals surface area (Å²) in [4.78, 5) is 22.9. The van der Waals surface area contributed by atoms with Gasteiger partial charge in [-0.3, -0.25) is 9.59 Å². The van der Waals surface area contributed by atoms with Crippen molar-refractivity contribution in [3.63, 3.8) is 0 Å². The molecule has 5 nitrogen and oxygen atoms in total. The number of ether oxygens (including phenoxy) is 2. The smallest absolute Gasteiger partial charge is 0.307 e. The molecule has 0 spiro atoms. The number of methoxy groups -OCH3 is 1. The summed E-state index contributed by atoms with van der Waals surface area (Å²) in [5.41, 5.74) is 0. The third-order valence-electron chi connectivity index (χ3n) is 2.84. The van der Waals surface area contributed by atoms with E-state index in [0.717, 1.165) is 5.75 Å². The lowest BCUT2D eigenvalue weighted by molar-refractivity contribution is -0.141. The van der Waals surface area contributed by atoms with Crippen molar-refractivity contribution in [1.82, 2.24) is 5.32 Å². The van der Waals surface area contributed by atoms with E-state index < -0.39 is 0 Å². The van der Waals surface area contributed by atoms with Crippen LogP contribution in [0, 0.1) is 0 Å². The fourth-order valence-corrected chi connectivity index (χ4v) is 1.66. The Balaban J connectivity index is 2.26. The molecule has 0 radical (unpaired) electrons. The van der Waals surface area contributed by atoms with Crippen LogP contribution in [0.4, 0.5) is 0 Å². The highest BCUT2D eigenvalue weighted by atomic mass is 16.5. The van der Waals surface area contributed by atoms with Crippen LogP contribution in [0.5, 0.6) is 5.75 Å². The molecule has 20 heavy (non-hydrogen) atoms. The molecule has 1 amide bonds. The number of hydrogen-bond acceptors (Lipinski definition) is 4. The lowest BCUT2D eigenvalue weighted by atomic mass is 10.1. The van der Waals surface area contributed by atoms with Crippen LogP contribution in [0.3, 0.4) is 0 Å². The Morgan fingerprint density at radius 3 is 2.55 bits per heavy atom. The molecule has 1 aromatic carbocycles. The van der Waals surface area contributed by atoms with Crippen molar-refractivity contribution in [3.8, 4) is 5.75 Å². The van der Waals surface area contributed by atoms with Gasteiger partial charge in [-0.15, -0.1) is 0 Å². The lowest BCUT2D eigenvalue weighted by Gasteiger charge is -2.15. The third-order valence-corrected chi connectivity index (χ3v) is 2.84. The first-order valence-electron chi connectivity index (χ1n) is 6.69. The highest BCUT2D eigenvalue weighted by Gasteiger charge is 2.14. The second-order valence-electron chi connectivity index (χ2n) is 4.36. The summed E-state index contributed by atoms with van der Waals surface area (Å²) in [6, 6.07) is 9.14. The van der Waals surface area contributed by atoms with E-state index in [1.807, 2.05) is 37.3 Å². The topological polar surface area (TPSA) is 64.6 Å². The van der Waals surface area contributed by atoms with Crippen LogP contribution in [-0.4, -0.2) is 31.6 Å². The van der Waals surface area contributed by atoms with Gasteiger partial charge < -0.3 is 14.8 Å². The summed E-state index contributed by atoms with van der Waals surface area (Å²) < 4.78 is 10.0. The Bertz CT molecular complexity index is 419. The van der Waals surface area contributed by atoms with E-state index in [2.05, 4.69) is 10.1 Å². The van der Waals surface area contributed by atoms with E-state index in [0.29, 0.717) is 13.0 Å². The normalized spacial score (nSPS) is 11.5. The van der Waals surface area contributed by atoms with Crippen molar-refractivity contribution < 1.29 is 19.1 Å². The minimum atomic E-state index is -0.322. The summed E-state index contributed by atoms with van der Waals surface area (Å²) in [6.07, 6.45) is 1.13. The van der Waals surface area contributed by atoms with Gasteiger partial charge in [-0.05, 0) is 18.6 Å². The molecule has 1 atom stereocenters. The first kappa shape index (κ1) is 16.0. The number of carbonyl (C=O) groups excluding carboxylic acids is 2. The number of esters is 1. The predicted octanol–water partition coefficient (Wildman–Crippen LogP) is 1.91. The van der Waals surface area contributed by atoms with Crippen molar-refractivity contribution in [3.05, 3.63) is 30.3 Å². The molecular weight excluding hydrogens is 258 g/mol. The summed E-state index contributed by atoms with van der Waals surface area (Å²) in [6.45, 7) is 2.22. The monoisotopic (exact) mass is 279 g/mol. The largest absolute Gasteiger partial charge is 0.493 e. The lowest BCUT2D eigenvalue weighted by Crippen LogP contribution is -2.36. The maximum atomic E-state index is 11.7. The molecule has 1 N–H and O–H groups in total. The second kappa shape index (κ2) is 8.96. The van der Waals surface area contributed by atoms with E-state index in [1.54, 1.807) is 0 Å². The molecule has 5 heteroatoms. The minimum absolute atomic E-state index is 0.128. The van der Waals surface area contributed by atoms with Crippen LogP contribution in [0.15, 0.2) is 30.3 Å². The Hall–Kier alpha value is -2.04. The third kappa shape index (κ3) is 6.22. The average molecular weight is 279 g/mol. The molecule has 0 bridgehead atoms. The van der Waals surface area contributed by atoms with Gasteiger partial charge in [0.15, 0.2) is 0 Å². The molecule has 0 aliphatic carbocycles. The number of benzene rings is 1. The molecule has 1 rings (SSSR count). The maximum Gasteiger partial charge on any atom is 0.307 e. The standard InChI is InChI=1S/C15H21NO4/c1-3-12(11-15(18)19-2)16-14(17)9-10-20-13-7-5-4-6-8-13/h4-8,12H,3,9-11H2,1-2H3,(H,16,17). The number of rotatable bonds is 8. The van der Waals surface area contributed by atoms with Gasteiger partial charge in [0.2, 0.25) is 5.91 Å². The zero-order valence-electron chi connectivity index (χ0n) is 11.9. The molecule has 0 heterocycles. The van der Waals surface area contributed by atoms with Gasteiger partial charge in [-0.2, -0.15) is 0 Å². The maximum absolute atomic E-state index is 11.7. The van der Waals surface area contributed by atoms with Crippen molar-refractivity contribution in [2.24, 2.45) is 0 Å². The number of hydrogen-bond donors (Lipinski definition) is 1. The van der Waals surface area contributed by atoms with Gasteiger partial charge >= 0.3 is 5.97 Å². The zero-order chi connectivity index (χ0) is 14.8. The van der Waals surface area contributed by atoms with Gasteiger partial charge in [0, 0.05) is 6.04 Å². The summed E-state index contributed by atoms with van der Waals surface area (Å²) in [5, 5.41) is 2.80. The van der Waals surface area contributed by atoms with E-state index in [4.69, 9.17) is 4.74 Å². The quantitative estimate of drug-likeness (QED) is 0.738. The number of carbonyl (C=O) groups is 2. The fourth-order valence-electron chi connectivity index (χ4n) is 1.66. The van der Waals surface area contributed by atoms with Crippen LogP contribution >= 0.6 is 0 Å². The average Bonchev–Trinajstić information content (AvgIpc) is 2.47. The fraction of sp³-hybridized carbons (Fsp3) is 0.467. The number of para-hydroxylation sites is 1. The summed E-state index contributed by atoms with van der Waals surface area (Å²) in [7, 11) is 1.34. The van der Waals surface area contributed by atoms with Crippen molar-refractivity contribution in [2.75, 3.05) is 13.7 Å². The first-order chi connectivity index (χ1) is 9.65. The highest BCUT2D eigenvalue weighted by molar-refractivity contribution is 5.77. The highest BCUT2D eigenvalue weighted by Crippen LogP contribution is 2.08. The van der Waals surface area contributed by atoms with E-state index in [1.165, 1.54) is 7.11 Å². The molecule has 0 aliphatic heterocycles. The summed E-state index contributed by atoms with van der Waals surface area (Å²) >= 11 is 0. The Labute approximate surface area is 119 Å². The molecule has 0 fully saturated rings. The number of amides is 1. The molecular formula is C15H21NO4. The zero-order valence-corrected chi connectivity index (χ0v) is 11.9. The predicted molar refractivity (Wildman–Crippen MR) is 75.4 cm³/mol. The minimum Gasteiger partial charge on any atom is -0.493 e. The first-order valence-corrected chi connectivity index (χ1v) is 6.69. The Kier molecular flexibility index (Phi) is 7.17. The molecule has 0 aromatic heterocycles. The van der Waals surface area contributed by atoms with E-state index in [9.17, 15) is 9.59 Å². The molecule has 1 unspecified atom stereocenters. The SMILES string of the molecule is CCC(CC(=O)OC)NC(=O)CCOc1ccccc1. The Morgan fingerprint density at radius 2 is 1.95 bits per heavy atom. The second-order valence-corrected chi connectivity index (χ2v) is 4.36. The van der Waals surface area contributed by atoms with Gasteiger partial charge in [-0.1, -0.05) is 25.1 Å². The van der Waals surface area contributed by atoms with Gasteiger partial charge in [-0.25, -0.2) is 0 Å². The van der Waals surface area contributed by atoms with Gasteiger partial charge in [0.1, 0.15) is 5.75 Å². The Morgan fingerprint density at radius 1 is 1.25 bits per heavy atom. The summed E-state index contributed by atoms with van der Waals surface area (Å²) in [5.74, 6) is 0.288. The number of nitrogens with one attached hydrogen (secondary N) is 1. The molecule has 110 valence electrons. The van der Waals surface area contributed by atoms with Crippen LogP contribution in [0.25, 0.3) is 0 Å². The molecule has 1 aromatic rings. The van der Waals surface area contributed by atoms with Gasteiger partial charge in [0.25, 0.3) is 0 Å². The molecule has 0 saturated heterocycles. The molecule has 0 saturated carbocycles. The van der Waals surface area contributed by atoms with Crippen LogP contribution < -0.4 is 10.1 Å². The van der Waals surface area contributed by atoms with Crippen molar-refractivity contribution >= 4 is 11.9 Å².